The van der Waals surface area contributed by atoms with Crippen LogP contribution in [0.2, 0.25) is 0 Å². The molecule has 0 N–H and O–H groups in total. The van der Waals surface area contributed by atoms with Gasteiger partial charge < -0.3 is 4.52 Å². The molecular weight excluding hydrogens is 391 g/mol. The first kappa shape index (κ1) is 17.0. The molecule has 2 rings (SSSR count). The van der Waals surface area contributed by atoms with Gasteiger partial charge in [0.25, 0.3) is 0 Å². The predicted octanol–water partition coefficient (Wildman–Crippen LogP) is 2.61. The van der Waals surface area contributed by atoms with Crippen LogP contribution in [-0.4, -0.2) is 23.4 Å². The Morgan fingerprint density at radius 3 is 2.50 bits per heavy atom. The molecule has 0 aliphatic rings. The van der Waals surface area contributed by atoms with Gasteiger partial charge in [-0.05, 0) is 22.9 Å². The molecule has 122 valence electrons. The highest BCUT2D eigenvalue weighted by Gasteiger charge is 2.38. The van der Waals surface area contributed by atoms with E-state index in [2.05, 4.69) is 30.7 Å². The van der Waals surface area contributed by atoms with E-state index in [1.165, 1.54) is 4.68 Å². The Morgan fingerprint density at radius 2 is 2.00 bits per heavy atom. The minimum Gasteiger partial charge on any atom is -0.364 e. The highest BCUT2D eigenvalue weighted by atomic mass is 79.9. The van der Waals surface area contributed by atoms with Crippen LogP contribution >= 0.6 is 15.9 Å². The maximum Gasteiger partial charge on any atom is 0.437 e. The second-order valence-electron chi connectivity index (χ2n) is 4.69. The fourth-order valence-electron chi connectivity index (χ4n) is 1.83. The molecule has 2 aromatic heterocycles. The average molecular weight is 402 g/mol. The summed E-state index contributed by atoms with van der Waals surface area (Å²) in [5.41, 5.74) is -0.889. The normalized spacial score (nSPS) is 12.8. The third-order valence-corrected chi connectivity index (χ3v) is 5.47. The van der Waals surface area contributed by atoms with Crippen molar-refractivity contribution in [3.63, 3.8) is 0 Å². The van der Waals surface area contributed by atoms with Crippen molar-refractivity contribution in [1.82, 2.24) is 14.9 Å². The third kappa shape index (κ3) is 3.51. The van der Waals surface area contributed by atoms with Gasteiger partial charge in [0, 0.05) is 18.3 Å². The summed E-state index contributed by atoms with van der Waals surface area (Å²) < 4.78 is 68.5. The van der Waals surface area contributed by atoms with Gasteiger partial charge in [-0.15, -0.1) is 0 Å². The number of nitrogens with zero attached hydrogens (tertiary/aromatic N) is 3. The number of sulfone groups is 1. The summed E-state index contributed by atoms with van der Waals surface area (Å²) in [5.74, 6) is -1.31. The van der Waals surface area contributed by atoms with Crippen LogP contribution < -0.4 is 0 Å². The summed E-state index contributed by atoms with van der Waals surface area (Å²) in [5, 5.41) is 6.85. The van der Waals surface area contributed by atoms with Crippen molar-refractivity contribution in [2.24, 2.45) is 7.05 Å². The summed E-state index contributed by atoms with van der Waals surface area (Å²) >= 11 is 3.22. The Labute approximate surface area is 132 Å². The minimum absolute atomic E-state index is 0.241. The highest BCUT2D eigenvalue weighted by Crippen LogP contribution is 2.32. The molecule has 0 radical (unpaired) electrons. The lowest BCUT2D eigenvalue weighted by molar-refractivity contribution is -0.143. The molecule has 0 spiro atoms. The van der Waals surface area contributed by atoms with E-state index < -0.39 is 38.8 Å². The first-order chi connectivity index (χ1) is 10.0. The number of rotatable bonds is 4. The molecule has 22 heavy (non-hydrogen) atoms. The van der Waals surface area contributed by atoms with E-state index in [-0.39, 0.29) is 5.69 Å². The number of aryl methyl sites for hydroxylation is 1. The molecule has 2 aromatic rings. The number of hydrogen-bond donors (Lipinski definition) is 0. The van der Waals surface area contributed by atoms with E-state index in [1.807, 2.05) is 0 Å². The van der Waals surface area contributed by atoms with E-state index in [0.29, 0.717) is 16.4 Å². The van der Waals surface area contributed by atoms with Crippen LogP contribution in [-0.2, 0) is 34.6 Å². The molecule has 0 fully saturated rings. The van der Waals surface area contributed by atoms with Crippen LogP contribution in [0.25, 0.3) is 0 Å². The first-order valence-electron chi connectivity index (χ1n) is 5.90. The molecule has 0 aromatic carbocycles. The van der Waals surface area contributed by atoms with Gasteiger partial charge in [-0.25, -0.2) is 8.42 Å². The van der Waals surface area contributed by atoms with Crippen molar-refractivity contribution >= 4 is 25.8 Å². The molecule has 11 heteroatoms. The standard InChI is InChI=1S/C11H11BrF3N3O3S/c1-6-9(12)8(16-18(6)2)5-22(19,20)4-7-3-21-17-10(7)11(13,14)15/h3H,4-5H2,1-2H3. The van der Waals surface area contributed by atoms with Gasteiger partial charge in [-0.1, -0.05) is 5.16 Å². The predicted molar refractivity (Wildman–Crippen MR) is 73.5 cm³/mol. The highest BCUT2D eigenvalue weighted by molar-refractivity contribution is 9.10. The summed E-state index contributed by atoms with van der Waals surface area (Å²) in [4.78, 5) is 0. The van der Waals surface area contributed by atoms with Gasteiger partial charge in [-0.2, -0.15) is 18.3 Å². The Balaban J connectivity index is 2.26. The van der Waals surface area contributed by atoms with Crippen LogP contribution in [0.5, 0.6) is 0 Å². The topological polar surface area (TPSA) is 78.0 Å². The number of aromatic nitrogens is 3. The van der Waals surface area contributed by atoms with E-state index in [4.69, 9.17) is 0 Å². The van der Waals surface area contributed by atoms with Gasteiger partial charge in [0.2, 0.25) is 0 Å². The number of alkyl halides is 3. The molecule has 0 unspecified atom stereocenters. The van der Waals surface area contributed by atoms with E-state index in [0.717, 1.165) is 0 Å². The number of halogens is 4. The van der Waals surface area contributed by atoms with Crippen LogP contribution in [0.1, 0.15) is 22.6 Å². The van der Waals surface area contributed by atoms with Crippen molar-refractivity contribution in [2.75, 3.05) is 0 Å². The lowest BCUT2D eigenvalue weighted by atomic mass is 10.3. The second-order valence-corrected chi connectivity index (χ2v) is 7.55. The zero-order chi connectivity index (χ0) is 16.7. The van der Waals surface area contributed by atoms with Gasteiger partial charge in [0.05, 0.1) is 21.7 Å². The molecule has 0 saturated carbocycles. The average Bonchev–Trinajstić information content (AvgIpc) is 2.90. The fourth-order valence-corrected chi connectivity index (χ4v) is 3.89. The summed E-state index contributed by atoms with van der Waals surface area (Å²) in [6.07, 6.45) is -4.07. The summed E-state index contributed by atoms with van der Waals surface area (Å²) in [6.45, 7) is 1.73. The molecule has 0 aliphatic heterocycles. The Hall–Kier alpha value is -1.36. The largest absolute Gasteiger partial charge is 0.437 e. The lowest BCUT2D eigenvalue weighted by Gasteiger charge is -2.05. The van der Waals surface area contributed by atoms with Gasteiger partial charge in [0.1, 0.15) is 6.26 Å². The van der Waals surface area contributed by atoms with Crippen molar-refractivity contribution < 1.29 is 26.1 Å². The molecule has 0 aliphatic carbocycles. The Kier molecular flexibility index (Phi) is 4.39. The van der Waals surface area contributed by atoms with Crippen LogP contribution in [0.15, 0.2) is 15.3 Å². The lowest BCUT2D eigenvalue weighted by Crippen LogP contribution is -2.14. The van der Waals surface area contributed by atoms with Crippen LogP contribution in [0.3, 0.4) is 0 Å². The van der Waals surface area contributed by atoms with Gasteiger partial charge in [0.15, 0.2) is 15.5 Å². The van der Waals surface area contributed by atoms with E-state index >= 15 is 0 Å². The quantitative estimate of drug-likeness (QED) is 0.786. The molecule has 6 nitrogen and oxygen atoms in total. The van der Waals surface area contributed by atoms with Gasteiger partial charge >= 0.3 is 6.18 Å². The summed E-state index contributed by atoms with van der Waals surface area (Å²) in [6, 6.07) is 0. The van der Waals surface area contributed by atoms with Crippen molar-refractivity contribution in [3.05, 3.63) is 33.4 Å². The molecule has 0 bridgehead atoms. The molecule has 0 amide bonds. The maximum atomic E-state index is 12.7. The Bertz CT molecular complexity index is 795. The van der Waals surface area contributed by atoms with E-state index in [1.54, 1.807) is 14.0 Å². The van der Waals surface area contributed by atoms with Crippen LogP contribution in [0.4, 0.5) is 13.2 Å². The van der Waals surface area contributed by atoms with Gasteiger partial charge in [-0.3, -0.25) is 4.68 Å². The minimum atomic E-state index is -4.76. The smallest absolute Gasteiger partial charge is 0.364 e. The summed E-state index contributed by atoms with van der Waals surface area (Å²) in [7, 11) is -2.24. The zero-order valence-electron chi connectivity index (χ0n) is 11.5. The van der Waals surface area contributed by atoms with Crippen molar-refractivity contribution in [1.29, 1.82) is 0 Å². The molecule has 2 heterocycles. The van der Waals surface area contributed by atoms with Crippen molar-refractivity contribution in [2.45, 2.75) is 24.6 Å². The number of hydrogen-bond acceptors (Lipinski definition) is 5. The fraction of sp³-hybridized carbons (Fsp3) is 0.455. The Morgan fingerprint density at radius 1 is 1.36 bits per heavy atom. The SMILES string of the molecule is Cc1c(Br)c(CS(=O)(=O)Cc2conc2C(F)(F)F)nn1C. The first-order valence-corrected chi connectivity index (χ1v) is 8.51. The second kappa shape index (κ2) is 5.69. The van der Waals surface area contributed by atoms with Crippen LogP contribution in [0, 0.1) is 6.92 Å². The molecule has 0 saturated heterocycles. The third-order valence-electron chi connectivity index (χ3n) is 2.97. The van der Waals surface area contributed by atoms with E-state index in [9.17, 15) is 21.6 Å². The van der Waals surface area contributed by atoms with Crippen molar-refractivity contribution in [3.8, 4) is 0 Å². The maximum absolute atomic E-state index is 12.7. The monoisotopic (exact) mass is 401 g/mol. The molecule has 0 atom stereocenters. The zero-order valence-corrected chi connectivity index (χ0v) is 13.9. The molecular formula is C11H11BrF3N3O3S.